The number of hydrogen-bond acceptors (Lipinski definition) is 6. The number of carbonyl (C=O) groups is 1. The lowest BCUT2D eigenvalue weighted by Gasteiger charge is -2.30. The van der Waals surface area contributed by atoms with Gasteiger partial charge in [0.05, 0.1) is 9.58 Å². The number of thiazole rings is 1. The Labute approximate surface area is 158 Å². The molecule has 1 fully saturated rings. The van der Waals surface area contributed by atoms with Gasteiger partial charge in [0.15, 0.2) is 5.13 Å². The summed E-state index contributed by atoms with van der Waals surface area (Å²) < 4.78 is 13.9. The number of aliphatic hydroxyl groups excluding tert-OH is 1. The maximum absolute atomic E-state index is 12.9. The number of aromatic nitrogens is 1. The minimum atomic E-state index is -0.334. The minimum absolute atomic E-state index is 0.211. The van der Waals surface area contributed by atoms with Crippen molar-refractivity contribution >= 4 is 48.9 Å². The van der Waals surface area contributed by atoms with Gasteiger partial charge in [0.1, 0.15) is 10.6 Å². The molecule has 0 spiro atoms. The second-order valence-electron chi connectivity index (χ2n) is 6.35. The Morgan fingerprint density at radius 1 is 1.27 bits per heavy atom. The van der Waals surface area contributed by atoms with Gasteiger partial charge in [-0.25, -0.2) is 9.37 Å². The Morgan fingerprint density at radius 2 is 2.00 bits per heavy atom. The van der Waals surface area contributed by atoms with Crippen LogP contribution < -0.4 is 10.2 Å². The zero-order valence-electron chi connectivity index (χ0n) is 13.9. The number of benzene rings is 1. The van der Waals surface area contributed by atoms with E-state index in [2.05, 4.69) is 15.2 Å². The Kier molecular flexibility index (Phi) is 4.88. The van der Waals surface area contributed by atoms with Crippen molar-refractivity contribution in [2.45, 2.75) is 12.8 Å². The van der Waals surface area contributed by atoms with Crippen molar-refractivity contribution in [2.24, 2.45) is 5.92 Å². The molecule has 2 N–H and O–H groups in total. The standard InChI is InChI=1S/C18H18FN3O2S2/c19-12-1-3-13(4-2-12)20-16(24)14-9-15-17(25-14)21-18(26-15)22-7-5-11(10-23)6-8-22/h1-4,9,11,23H,5-8,10H2,(H,20,24). The van der Waals surface area contributed by atoms with E-state index in [1.54, 1.807) is 11.3 Å². The zero-order valence-corrected chi connectivity index (χ0v) is 15.6. The number of nitrogens with zero attached hydrogens (tertiary/aromatic N) is 2. The first kappa shape index (κ1) is 17.4. The van der Waals surface area contributed by atoms with Crippen LogP contribution in [0.3, 0.4) is 0 Å². The molecule has 3 aromatic rings. The minimum Gasteiger partial charge on any atom is -0.396 e. The molecule has 136 valence electrons. The molecule has 1 aromatic carbocycles. The molecule has 4 rings (SSSR count). The molecule has 26 heavy (non-hydrogen) atoms. The number of nitrogens with one attached hydrogen (secondary N) is 1. The molecule has 0 aliphatic carbocycles. The van der Waals surface area contributed by atoms with Crippen molar-refractivity contribution in [3.63, 3.8) is 0 Å². The van der Waals surface area contributed by atoms with Crippen LogP contribution in [0.4, 0.5) is 15.2 Å². The average molecular weight is 391 g/mol. The second kappa shape index (κ2) is 7.30. The van der Waals surface area contributed by atoms with Gasteiger partial charge in [-0.1, -0.05) is 11.3 Å². The highest BCUT2D eigenvalue weighted by Gasteiger charge is 2.22. The normalized spacial score (nSPS) is 15.5. The molecule has 0 unspecified atom stereocenters. The number of amides is 1. The summed E-state index contributed by atoms with van der Waals surface area (Å²) in [7, 11) is 0. The van der Waals surface area contributed by atoms with Crippen LogP contribution in [0.2, 0.25) is 0 Å². The third-order valence-corrected chi connectivity index (χ3v) is 6.77. The van der Waals surface area contributed by atoms with Gasteiger partial charge < -0.3 is 15.3 Å². The summed E-state index contributed by atoms with van der Waals surface area (Å²) in [5.41, 5.74) is 0.563. The maximum Gasteiger partial charge on any atom is 0.265 e. The maximum atomic E-state index is 12.9. The van der Waals surface area contributed by atoms with Crippen LogP contribution >= 0.6 is 22.7 Å². The Morgan fingerprint density at radius 3 is 2.65 bits per heavy atom. The first-order valence-electron chi connectivity index (χ1n) is 8.45. The fraction of sp³-hybridized carbons (Fsp3) is 0.333. The molecule has 0 saturated carbocycles. The zero-order chi connectivity index (χ0) is 18.1. The Balaban J connectivity index is 1.46. The number of carbonyl (C=O) groups excluding carboxylic acids is 1. The Bertz CT molecular complexity index is 883. The van der Waals surface area contributed by atoms with Crippen LogP contribution in [0, 0.1) is 11.7 Å². The molecule has 8 heteroatoms. The molecule has 2 aromatic heterocycles. The van der Waals surface area contributed by atoms with E-state index in [1.807, 2.05) is 6.07 Å². The van der Waals surface area contributed by atoms with Gasteiger partial charge in [0.2, 0.25) is 0 Å². The van der Waals surface area contributed by atoms with Crippen molar-refractivity contribution in [1.82, 2.24) is 4.98 Å². The summed E-state index contributed by atoms with van der Waals surface area (Å²) in [6, 6.07) is 7.57. The lowest BCUT2D eigenvalue weighted by molar-refractivity contribution is 0.103. The number of aliphatic hydroxyl groups is 1. The third kappa shape index (κ3) is 3.58. The highest BCUT2D eigenvalue weighted by molar-refractivity contribution is 7.29. The number of halogens is 1. The smallest absolute Gasteiger partial charge is 0.265 e. The molecule has 3 heterocycles. The van der Waals surface area contributed by atoms with E-state index in [0.29, 0.717) is 16.5 Å². The predicted molar refractivity (Wildman–Crippen MR) is 104 cm³/mol. The van der Waals surface area contributed by atoms with E-state index >= 15 is 0 Å². The van der Waals surface area contributed by atoms with E-state index in [-0.39, 0.29) is 18.3 Å². The van der Waals surface area contributed by atoms with Gasteiger partial charge >= 0.3 is 0 Å². The van der Waals surface area contributed by atoms with Gasteiger partial charge in [-0.2, -0.15) is 0 Å². The lowest BCUT2D eigenvalue weighted by Crippen LogP contribution is -2.34. The van der Waals surface area contributed by atoms with Crippen LogP contribution in [0.1, 0.15) is 22.5 Å². The van der Waals surface area contributed by atoms with Gasteiger partial charge in [0.25, 0.3) is 5.91 Å². The second-order valence-corrected chi connectivity index (χ2v) is 8.39. The van der Waals surface area contributed by atoms with E-state index in [9.17, 15) is 14.3 Å². The predicted octanol–water partition coefficient (Wildman–Crippen LogP) is 3.96. The van der Waals surface area contributed by atoms with Gasteiger partial charge in [-0.3, -0.25) is 4.79 Å². The van der Waals surface area contributed by atoms with Crippen molar-refractivity contribution < 1.29 is 14.3 Å². The highest BCUT2D eigenvalue weighted by Crippen LogP contribution is 2.36. The molecule has 5 nitrogen and oxygen atoms in total. The summed E-state index contributed by atoms with van der Waals surface area (Å²) in [6.45, 7) is 2.07. The van der Waals surface area contributed by atoms with Gasteiger partial charge in [-0.15, -0.1) is 11.3 Å². The van der Waals surface area contributed by atoms with E-state index in [4.69, 9.17) is 0 Å². The molecular formula is C18H18FN3O2S2. The summed E-state index contributed by atoms with van der Waals surface area (Å²) >= 11 is 2.96. The molecule has 1 aliphatic rings. The van der Waals surface area contributed by atoms with Crippen LogP contribution in [-0.2, 0) is 0 Å². The van der Waals surface area contributed by atoms with Crippen LogP contribution in [0.25, 0.3) is 9.53 Å². The number of fused-ring (bicyclic) bond motifs is 1. The van der Waals surface area contributed by atoms with E-state index in [1.165, 1.54) is 35.6 Å². The summed E-state index contributed by atoms with van der Waals surface area (Å²) in [5, 5.41) is 13.0. The lowest BCUT2D eigenvalue weighted by atomic mass is 9.98. The molecule has 0 bridgehead atoms. The molecule has 1 saturated heterocycles. The van der Waals surface area contributed by atoms with Gasteiger partial charge in [-0.05, 0) is 49.1 Å². The largest absolute Gasteiger partial charge is 0.396 e. The molecule has 1 aliphatic heterocycles. The van der Waals surface area contributed by atoms with Crippen LogP contribution in [-0.4, -0.2) is 35.7 Å². The molecule has 1 amide bonds. The molecule has 0 radical (unpaired) electrons. The SMILES string of the molecule is O=C(Nc1ccc(F)cc1)c1cc2sc(N3CCC(CO)CC3)nc2s1. The molecule has 0 atom stereocenters. The number of rotatable bonds is 4. The molecular weight excluding hydrogens is 373 g/mol. The van der Waals surface area contributed by atoms with Crippen LogP contribution in [0.15, 0.2) is 30.3 Å². The van der Waals surface area contributed by atoms with Crippen molar-refractivity contribution in [3.8, 4) is 0 Å². The van der Waals surface area contributed by atoms with E-state index in [0.717, 1.165) is 40.6 Å². The van der Waals surface area contributed by atoms with Crippen LogP contribution in [0.5, 0.6) is 0 Å². The first-order chi connectivity index (χ1) is 12.6. The fourth-order valence-corrected chi connectivity index (χ4v) is 5.16. The fourth-order valence-electron chi connectivity index (χ4n) is 3.00. The van der Waals surface area contributed by atoms with Gasteiger partial charge in [0, 0.05) is 25.4 Å². The van der Waals surface area contributed by atoms with Crippen molar-refractivity contribution in [3.05, 3.63) is 41.0 Å². The number of anilines is 2. The number of piperidine rings is 1. The quantitative estimate of drug-likeness (QED) is 0.707. The van der Waals surface area contributed by atoms with E-state index < -0.39 is 0 Å². The Hall–Kier alpha value is -2.03. The summed E-state index contributed by atoms with van der Waals surface area (Å²) in [4.78, 5) is 20.8. The monoisotopic (exact) mass is 391 g/mol. The van der Waals surface area contributed by atoms with Crippen molar-refractivity contribution in [2.75, 3.05) is 29.9 Å². The topological polar surface area (TPSA) is 65.5 Å². The van der Waals surface area contributed by atoms with Crippen molar-refractivity contribution in [1.29, 1.82) is 0 Å². The summed E-state index contributed by atoms with van der Waals surface area (Å²) in [5.74, 6) is -0.148. The average Bonchev–Trinajstić information content (AvgIpc) is 3.23. The third-order valence-electron chi connectivity index (χ3n) is 4.55. The first-order valence-corrected chi connectivity index (χ1v) is 10.1. The number of hydrogen-bond donors (Lipinski definition) is 2. The highest BCUT2D eigenvalue weighted by atomic mass is 32.1. The summed E-state index contributed by atoms with van der Waals surface area (Å²) in [6.07, 6.45) is 1.96. The number of thiophene rings is 1.